The molecule has 0 bridgehead atoms. The summed E-state index contributed by atoms with van der Waals surface area (Å²) in [6.07, 6.45) is 1.64. The van der Waals surface area contributed by atoms with E-state index in [-0.39, 0.29) is 11.6 Å². The SMILES string of the molecule is COc1cc(N2CCN(Cc3cnon3)CC2)ccc1F. The number of rotatable bonds is 4. The first-order valence-corrected chi connectivity index (χ1v) is 6.83. The van der Waals surface area contributed by atoms with Gasteiger partial charge < -0.3 is 9.64 Å². The van der Waals surface area contributed by atoms with Crippen molar-refractivity contribution in [2.45, 2.75) is 6.54 Å². The molecule has 6 nitrogen and oxygen atoms in total. The van der Waals surface area contributed by atoms with E-state index in [2.05, 4.69) is 24.7 Å². The van der Waals surface area contributed by atoms with Gasteiger partial charge in [-0.2, -0.15) is 0 Å². The minimum atomic E-state index is -0.335. The largest absolute Gasteiger partial charge is 0.494 e. The number of anilines is 1. The molecular weight excluding hydrogens is 275 g/mol. The molecule has 1 saturated heterocycles. The fourth-order valence-corrected chi connectivity index (χ4v) is 2.49. The lowest BCUT2D eigenvalue weighted by Crippen LogP contribution is -2.46. The summed E-state index contributed by atoms with van der Waals surface area (Å²) in [6.45, 7) is 4.31. The standard InChI is InChI=1S/C14H17FN4O2/c1-20-14-8-12(2-3-13(14)15)19-6-4-18(5-7-19)10-11-9-16-21-17-11/h2-3,8-9H,4-7,10H2,1H3. The summed E-state index contributed by atoms with van der Waals surface area (Å²) in [7, 11) is 1.48. The number of ether oxygens (including phenoxy) is 1. The van der Waals surface area contributed by atoms with E-state index < -0.39 is 0 Å². The minimum Gasteiger partial charge on any atom is -0.494 e. The molecule has 0 N–H and O–H groups in total. The number of nitrogens with zero attached hydrogens (tertiary/aromatic N) is 4. The Kier molecular flexibility index (Phi) is 4.01. The number of hydrogen-bond acceptors (Lipinski definition) is 6. The van der Waals surface area contributed by atoms with Gasteiger partial charge in [0.25, 0.3) is 0 Å². The highest BCUT2D eigenvalue weighted by molar-refractivity contribution is 5.51. The molecule has 0 amide bonds. The predicted molar refractivity (Wildman–Crippen MR) is 74.7 cm³/mol. The zero-order valence-electron chi connectivity index (χ0n) is 11.8. The van der Waals surface area contributed by atoms with Crippen LogP contribution < -0.4 is 9.64 Å². The van der Waals surface area contributed by atoms with Gasteiger partial charge in [0, 0.05) is 44.5 Å². The summed E-state index contributed by atoms with van der Waals surface area (Å²) < 4.78 is 23.1. The Balaban J connectivity index is 1.60. The first kappa shape index (κ1) is 13.8. The lowest BCUT2D eigenvalue weighted by atomic mass is 10.2. The fourth-order valence-electron chi connectivity index (χ4n) is 2.49. The van der Waals surface area contributed by atoms with Gasteiger partial charge in [-0.05, 0) is 12.1 Å². The molecule has 1 aliphatic rings. The van der Waals surface area contributed by atoms with Crippen LogP contribution in [-0.2, 0) is 6.54 Å². The van der Waals surface area contributed by atoms with Crippen LogP contribution in [0.15, 0.2) is 29.0 Å². The van der Waals surface area contributed by atoms with Crippen molar-refractivity contribution in [2.24, 2.45) is 0 Å². The molecule has 3 rings (SSSR count). The Morgan fingerprint density at radius 1 is 1.29 bits per heavy atom. The number of methoxy groups -OCH3 is 1. The lowest BCUT2D eigenvalue weighted by molar-refractivity contribution is 0.237. The van der Waals surface area contributed by atoms with Crippen molar-refractivity contribution in [3.63, 3.8) is 0 Å². The Morgan fingerprint density at radius 2 is 2.10 bits per heavy atom. The third-order valence-electron chi connectivity index (χ3n) is 3.66. The third-order valence-corrected chi connectivity index (χ3v) is 3.66. The summed E-state index contributed by atoms with van der Waals surface area (Å²) >= 11 is 0. The summed E-state index contributed by atoms with van der Waals surface area (Å²) in [6, 6.07) is 4.98. The van der Waals surface area contributed by atoms with E-state index in [1.165, 1.54) is 13.2 Å². The van der Waals surface area contributed by atoms with E-state index in [1.807, 2.05) is 0 Å². The summed E-state index contributed by atoms with van der Waals surface area (Å²) in [5.74, 6) is -0.0537. The minimum absolute atomic E-state index is 0.281. The number of aromatic nitrogens is 2. The maximum Gasteiger partial charge on any atom is 0.165 e. The van der Waals surface area contributed by atoms with Crippen molar-refractivity contribution in [3.05, 3.63) is 35.9 Å². The second-order valence-electron chi connectivity index (χ2n) is 4.98. The van der Waals surface area contributed by atoms with Gasteiger partial charge in [0.05, 0.1) is 13.3 Å². The predicted octanol–water partition coefficient (Wildman–Crippen LogP) is 1.54. The van der Waals surface area contributed by atoms with Crippen LogP contribution in [0.2, 0.25) is 0 Å². The van der Waals surface area contributed by atoms with E-state index in [9.17, 15) is 4.39 Å². The Hall–Kier alpha value is -2.15. The molecule has 1 aromatic carbocycles. The molecule has 1 aliphatic heterocycles. The van der Waals surface area contributed by atoms with Gasteiger partial charge in [-0.15, -0.1) is 0 Å². The van der Waals surface area contributed by atoms with E-state index in [0.29, 0.717) is 0 Å². The van der Waals surface area contributed by atoms with Gasteiger partial charge in [0.15, 0.2) is 11.6 Å². The highest BCUT2D eigenvalue weighted by Gasteiger charge is 2.19. The van der Waals surface area contributed by atoms with Crippen LogP contribution in [0.4, 0.5) is 10.1 Å². The normalized spacial score (nSPS) is 16.2. The molecule has 21 heavy (non-hydrogen) atoms. The molecule has 1 fully saturated rings. The fraction of sp³-hybridized carbons (Fsp3) is 0.429. The average molecular weight is 292 g/mol. The maximum atomic E-state index is 13.4. The van der Waals surface area contributed by atoms with Gasteiger partial charge in [-0.1, -0.05) is 10.3 Å². The maximum absolute atomic E-state index is 13.4. The first-order chi connectivity index (χ1) is 10.3. The number of benzene rings is 1. The molecule has 0 radical (unpaired) electrons. The van der Waals surface area contributed by atoms with E-state index >= 15 is 0 Å². The van der Waals surface area contributed by atoms with Gasteiger partial charge in [0.2, 0.25) is 0 Å². The smallest absolute Gasteiger partial charge is 0.165 e. The molecule has 2 aromatic rings. The van der Waals surface area contributed by atoms with E-state index in [1.54, 1.807) is 18.3 Å². The zero-order valence-corrected chi connectivity index (χ0v) is 11.8. The molecule has 0 atom stereocenters. The van der Waals surface area contributed by atoms with Crippen molar-refractivity contribution < 1.29 is 13.8 Å². The van der Waals surface area contributed by atoms with Crippen molar-refractivity contribution in [1.82, 2.24) is 15.2 Å². The third kappa shape index (κ3) is 3.13. The van der Waals surface area contributed by atoms with Gasteiger partial charge in [0.1, 0.15) is 5.69 Å². The van der Waals surface area contributed by atoms with Gasteiger partial charge >= 0.3 is 0 Å². The Morgan fingerprint density at radius 3 is 2.76 bits per heavy atom. The molecule has 0 spiro atoms. The summed E-state index contributed by atoms with van der Waals surface area (Å²) in [4.78, 5) is 4.51. The quantitative estimate of drug-likeness (QED) is 0.852. The molecule has 0 aliphatic carbocycles. The first-order valence-electron chi connectivity index (χ1n) is 6.83. The monoisotopic (exact) mass is 292 g/mol. The van der Waals surface area contributed by atoms with Crippen LogP contribution in [0.5, 0.6) is 5.75 Å². The summed E-state index contributed by atoms with van der Waals surface area (Å²) in [5, 5.41) is 7.43. The number of halogens is 1. The lowest BCUT2D eigenvalue weighted by Gasteiger charge is -2.35. The van der Waals surface area contributed by atoms with E-state index in [4.69, 9.17) is 4.74 Å². The molecule has 112 valence electrons. The van der Waals surface area contributed by atoms with Crippen LogP contribution in [-0.4, -0.2) is 48.5 Å². The van der Waals surface area contributed by atoms with Gasteiger partial charge in [-0.25, -0.2) is 9.02 Å². The second-order valence-corrected chi connectivity index (χ2v) is 4.98. The molecule has 7 heteroatoms. The van der Waals surface area contributed by atoms with Crippen LogP contribution in [0.25, 0.3) is 0 Å². The van der Waals surface area contributed by atoms with Crippen molar-refractivity contribution in [1.29, 1.82) is 0 Å². The van der Waals surface area contributed by atoms with Crippen molar-refractivity contribution in [2.75, 3.05) is 38.2 Å². The molecule has 2 heterocycles. The Labute approximate surface area is 122 Å². The van der Waals surface area contributed by atoms with Crippen molar-refractivity contribution in [3.8, 4) is 5.75 Å². The number of piperazine rings is 1. The van der Waals surface area contributed by atoms with Gasteiger partial charge in [-0.3, -0.25) is 4.90 Å². The zero-order chi connectivity index (χ0) is 14.7. The van der Waals surface area contributed by atoms with Crippen LogP contribution >= 0.6 is 0 Å². The van der Waals surface area contributed by atoms with Crippen LogP contribution in [0.3, 0.4) is 0 Å². The van der Waals surface area contributed by atoms with E-state index in [0.717, 1.165) is 44.1 Å². The molecule has 1 aromatic heterocycles. The molecular formula is C14H17FN4O2. The van der Waals surface area contributed by atoms with Crippen LogP contribution in [0.1, 0.15) is 5.69 Å². The Bertz CT molecular complexity index is 583. The highest BCUT2D eigenvalue weighted by Crippen LogP contribution is 2.25. The summed E-state index contributed by atoms with van der Waals surface area (Å²) in [5.41, 5.74) is 1.82. The second kappa shape index (κ2) is 6.09. The number of hydrogen-bond donors (Lipinski definition) is 0. The average Bonchev–Trinajstić information content (AvgIpc) is 3.02. The molecule has 0 saturated carbocycles. The van der Waals surface area contributed by atoms with Crippen molar-refractivity contribution >= 4 is 5.69 Å². The molecule has 0 unspecified atom stereocenters. The van der Waals surface area contributed by atoms with Crippen LogP contribution in [0, 0.1) is 5.82 Å². The topological polar surface area (TPSA) is 54.6 Å². The highest BCUT2D eigenvalue weighted by atomic mass is 19.1.